The fourth-order valence-corrected chi connectivity index (χ4v) is 2.66. The lowest BCUT2D eigenvalue weighted by molar-refractivity contribution is 0.244. The summed E-state index contributed by atoms with van der Waals surface area (Å²) in [5, 5.41) is 15.4. The predicted octanol–water partition coefficient (Wildman–Crippen LogP) is 0.0164. The number of nitrogens with one attached hydrogen (secondary N) is 1. The van der Waals surface area contributed by atoms with Crippen LogP contribution in [0.3, 0.4) is 0 Å². The van der Waals surface area contributed by atoms with Crippen LogP contribution in [0.1, 0.15) is 19.3 Å². The molecule has 0 saturated carbocycles. The quantitative estimate of drug-likeness (QED) is 0.815. The smallest absolute Gasteiger partial charge is 0.348 e. The first-order chi connectivity index (χ1) is 9.28. The van der Waals surface area contributed by atoms with Gasteiger partial charge in [0.05, 0.1) is 0 Å². The average Bonchev–Trinajstić information content (AvgIpc) is 2.81. The molecule has 1 fully saturated rings. The Morgan fingerprint density at radius 1 is 1.53 bits per heavy atom. The van der Waals surface area contributed by atoms with Crippen LogP contribution in [-0.4, -0.2) is 44.4 Å². The Hall–Kier alpha value is -1.89. The molecule has 1 aliphatic rings. The van der Waals surface area contributed by atoms with Gasteiger partial charge >= 0.3 is 5.69 Å². The fourth-order valence-electron chi connectivity index (χ4n) is 2.66. The van der Waals surface area contributed by atoms with Gasteiger partial charge in [0.15, 0.2) is 5.65 Å². The molecule has 19 heavy (non-hydrogen) atoms. The van der Waals surface area contributed by atoms with Crippen LogP contribution in [-0.2, 0) is 0 Å². The summed E-state index contributed by atoms with van der Waals surface area (Å²) < 4.78 is 1.39. The number of aromatic nitrogens is 4. The van der Waals surface area contributed by atoms with E-state index < -0.39 is 0 Å². The molecular weight excluding hydrogens is 246 g/mol. The second kappa shape index (κ2) is 5.00. The lowest BCUT2D eigenvalue weighted by Gasteiger charge is -2.33. The largest absolute Gasteiger partial charge is 0.396 e. The molecule has 1 atom stereocenters. The van der Waals surface area contributed by atoms with E-state index in [2.05, 4.69) is 20.1 Å². The fraction of sp³-hybridized carbons (Fsp3) is 0.583. The summed E-state index contributed by atoms with van der Waals surface area (Å²) in [7, 11) is 0. The van der Waals surface area contributed by atoms with E-state index in [0.717, 1.165) is 38.2 Å². The number of piperidine rings is 1. The summed E-state index contributed by atoms with van der Waals surface area (Å²) in [6.45, 7) is 2.10. The minimum absolute atomic E-state index is 0.236. The standard InChI is InChI=1S/C12H17N5O2/c18-5-3-9-2-1-4-16(7-9)10-6-11-14-15-12(19)17(11)8-13-10/h6,8-9,18H,1-5,7H2,(H,15,19). The van der Waals surface area contributed by atoms with Crippen molar-refractivity contribution < 1.29 is 5.11 Å². The van der Waals surface area contributed by atoms with Crippen LogP contribution in [0.5, 0.6) is 0 Å². The van der Waals surface area contributed by atoms with Crippen molar-refractivity contribution in [2.75, 3.05) is 24.6 Å². The van der Waals surface area contributed by atoms with E-state index in [0.29, 0.717) is 11.6 Å². The van der Waals surface area contributed by atoms with Crippen LogP contribution in [0, 0.1) is 5.92 Å². The molecule has 2 aromatic rings. The Kier molecular flexibility index (Phi) is 3.20. The molecule has 0 radical (unpaired) electrons. The number of fused-ring (bicyclic) bond motifs is 1. The lowest BCUT2D eigenvalue weighted by Crippen LogP contribution is -2.36. The van der Waals surface area contributed by atoms with Crippen molar-refractivity contribution in [1.82, 2.24) is 19.6 Å². The van der Waals surface area contributed by atoms with Crippen molar-refractivity contribution in [3.8, 4) is 0 Å². The van der Waals surface area contributed by atoms with Gasteiger partial charge in [-0.15, -0.1) is 0 Å². The minimum atomic E-state index is -0.272. The van der Waals surface area contributed by atoms with Crippen molar-refractivity contribution in [1.29, 1.82) is 0 Å². The molecule has 2 N–H and O–H groups in total. The highest BCUT2D eigenvalue weighted by Gasteiger charge is 2.20. The zero-order chi connectivity index (χ0) is 13.2. The number of nitrogens with zero attached hydrogens (tertiary/aromatic N) is 4. The number of aliphatic hydroxyl groups excluding tert-OH is 1. The van der Waals surface area contributed by atoms with E-state index in [1.807, 2.05) is 6.07 Å². The molecule has 0 spiro atoms. The Bertz CT molecular complexity index is 618. The van der Waals surface area contributed by atoms with Gasteiger partial charge in [0, 0.05) is 25.8 Å². The number of hydrogen-bond donors (Lipinski definition) is 2. The van der Waals surface area contributed by atoms with Crippen molar-refractivity contribution >= 4 is 11.5 Å². The van der Waals surface area contributed by atoms with Crippen LogP contribution < -0.4 is 10.6 Å². The molecule has 1 unspecified atom stereocenters. The molecule has 0 amide bonds. The van der Waals surface area contributed by atoms with E-state index >= 15 is 0 Å². The summed E-state index contributed by atoms with van der Waals surface area (Å²) in [4.78, 5) is 17.9. The predicted molar refractivity (Wildman–Crippen MR) is 70.2 cm³/mol. The maximum absolute atomic E-state index is 11.4. The van der Waals surface area contributed by atoms with Crippen molar-refractivity contribution in [2.45, 2.75) is 19.3 Å². The zero-order valence-electron chi connectivity index (χ0n) is 10.6. The molecule has 0 aromatic carbocycles. The first-order valence-corrected chi connectivity index (χ1v) is 6.56. The Morgan fingerprint density at radius 2 is 2.42 bits per heavy atom. The Labute approximate surface area is 109 Å². The molecule has 102 valence electrons. The number of H-pyrrole nitrogens is 1. The van der Waals surface area contributed by atoms with Crippen molar-refractivity contribution in [3.05, 3.63) is 22.9 Å². The normalized spacial score (nSPS) is 20.1. The lowest BCUT2D eigenvalue weighted by atomic mass is 9.95. The highest BCUT2D eigenvalue weighted by atomic mass is 16.3. The molecule has 7 heteroatoms. The second-order valence-electron chi connectivity index (χ2n) is 4.97. The molecule has 1 saturated heterocycles. The van der Waals surface area contributed by atoms with E-state index in [-0.39, 0.29) is 12.3 Å². The number of aromatic amines is 1. The van der Waals surface area contributed by atoms with Crippen LogP contribution in [0.2, 0.25) is 0 Å². The summed E-state index contributed by atoms with van der Waals surface area (Å²) in [6, 6.07) is 1.82. The van der Waals surface area contributed by atoms with Gasteiger partial charge in [-0.3, -0.25) is 0 Å². The summed E-state index contributed by atoms with van der Waals surface area (Å²) in [6.07, 6.45) is 4.60. The average molecular weight is 263 g/mol. The third-order valence-corrected chi connectivity index (χ3v) is 3.68. The summed E-state index contributed by atoms with van der Waals surface area (Å²) in [5.41, 5.74) is 0.310. The van der Waals surface area contributed by atoms with Gasteiger partial charge in [0.2, 0.25) is 0 Å². The topological polar surface area (TPSA) is 86.5 Å². The molecular formula is C12H17N5O2. The van der Waals surface area contributed by atoms with Crippen molar-refractivity contribution in [2.24, 2.45) is 5.92 Å². The van der Waals surface area contributed by atoms with E-state index in [4.69, 9.17) is 5.11 Å². The summed E-state index contributed by atoms with van der Waals surface area (Å²) in [5.74, 6) is 1.35. The molecule has 3 heterocycles. The number of hydrogen-bond acceptors (Lipinski definition) is 5. The summed E-state index contributed by atoms with van der Waals surface area (Å²) >= 11 is 0. The maximum Gasteiger partial charge on any atom is 0.348 e. The van der Waals surface area contributed by atoms with Crippen LogP contribution in [0.25, 0.3) is 5.65 Å². The number of aliphatic hydroxyl groups is 1. The first kappa shape index (κ1) is 12.2. The molecule has 1 aliphatic heterocycles. The Morgan fingerprint density at radius 3 is 3.26 bits per heavy atom. The monoisotopic (exact) mass is 263 g/mol. The number of anilines is 1. The van der Waals surface area contributed by atoms with Gasteiger partial charge in [-0.2, -0.15) is 5.10 Å². The first-order valence-electron chi connectivity index (χ1n) is 6.56. The zero-order valence-corrected chi connectivity index (χ0v) is 10.6. The van der Waals surface area contributed by atoms with Gasteiger partial charge in [-0.1, -0.05) is 0 Å². The van der Waals surface area contributed by atoms with Gasteiger partial charge < -0.3 is 10.0 Å². The van der Waals surface area contributed by atoms with Crippen molar-refractivity contribution in [3.63, 3.8) is 0 Å². The van der Waals surface area contributed by atoms with Gasteiger partial charge in [-0.25, -0.2) is 19.3 Å². The molecule has 0 aliphatic carbocycles. The van der Waals surface area contributed by atoms with Gasteiger partial charge in [0.1, 0.15) is 12.1 Å². The van der Waals surface area contributed by atoms with E-state index in [9.17, 15) is 4.79 Å². The third kappa shape index (κ3) is 2.33. The SMILES string of the molecule is O=c1[nH]nc2cc(N3CCCC(CCO)C3)ncn12. The van der Waals surface area contributed by atoms with Crippen LogP contribution >= 0.6 is 0 Å². The van der Waals surface area contributed by atoms with Crippen LogP contribution in [0.4, 0.5) is 5.82 Å². The maximum atomic E-state index is 11.4. The molecule has 0 bridgehead atoms. The highest BCUT2D eigenvalue weighted by molar-refractivity contribution is 5.50. The van der Waals surface area contributed by atoms with E-state index in [1.54, 1.807) is 0 Å². The molecule has 2 aromatic heterocycles. The third-order valence-electron chi connectivity index (χ3n) is 3.68. The molecule has 7 nitrogen and oxygen atoms in total. The van der Waals surface area contributed by atoms with Gasteiger partial charge in [0.25, 0.3) is 0 Å². The number of rotatable bonds is 3. The van der Waals surface area contributed by atoms with Crippen LogP contribution in [0.15, 0.2) is 17.2 Å². The van der Waals surface area contributed by atoms with E-state index in [1.165, 1.54) is 10.7 Å². The molecule has 3 rings (SSSR count). The second-order valence-corrected chi connectivity index (χ2v) is 4.97. The Balaban J connectivity index is 1.84. The van der Waals surface area contributed by atoms with Gasteiger partial charge in [-0.05, 0) is 25.2 Å². The highest BCUT2D eigenvalue weighted by Crippen LogP contribution is 2.23. The minimum Gasteiger partial charge on any atom is -0.396 e.